The summed E-state index contributed by atoms with van der Waals surface area (Å²) in [6, 6.07) is 12.9. The highest BCUT2D eigenvalue weighted by molar-refractivity contribution is 7.99. The molecule has 0 saturated carbocycles. The number of nitro benzene ring substituents is 1. The Hall–Kier alpha value is -3.46. The number of amides is 1. The summed E-state index contributed by atoms with van der Waals surface area (Å²) in [5.41, 5.74) is 0.399. The third kappa shape index (κ3) is 4.59. The Kier molecular flexibility index (Phi) is 5.62. The van der Waals surface area contributed by atoms with Crippen LogP contribution in [0.4, 0.5) is 11.4 Å². The standard InChI is InChI=1S/C18H14N4O4S/c1-26-15-6-5-12(10-14(15)22(24)25)18(23)21-13-7-9-20-17(11-13)27-16-4-2-3-8-19-16/h2-11H,1H3,(H,20,21,23). The Morgan fingerprint density at radius 3 is 2.63 bits per heavy atom. The number of benzene rings is 1. The van der Waals surface area contributed by atoms with E-state index in [9.17, 15) is 14.9 Å². The number of rotatable bonds is 6. The van der Waals surface area contributed by atoms with E-state index in [-0.39, 0.29) is 17.0 Å². The fourth-order valence-electron chi connectivity index (χ4n) is 2.23. The van der Waals surface area contributed by atoms with Crippen molar-refractivity contribution in [2.75, 3.05) is 12.4 Å². The van der Waals surface area contributed by atoms with Gasteiger partial charge in [0.15, 0.2) is 5.75 Å². The molecular formula is C18H14N4O4S. The number of carbonyl (C=O) groups is 1. The predicted molar refractivity (Wildman–Crippen MR) is 100 cm³/mol. The van der Waals surface area contributed by atoms with Crippen molar-refractivity contribution in [1.82, 2.24) is 9.97 Å². The predicted octanol–water partition coefficient (Wildman–Crippen LogP) is 3.80. The van der Waals surface area contributed by atoms with E-state index in [0.29, 0.717) is 10.7 Å². The molecule has 2 aromatic heterocycles. The molecule has 9 heteroatoms. The molecule has 8 nitrogen and oxygen atoms in total. The molecule has 2 heterocycles. The summed E-state index contributed by atoms with van der Waals surface area (Å²) in [7, 11) is 1.33. The molecule has 3 aromatic rings. The van der Waals surface area contributed by atoms with Crippen molar-refractivity contribution in [1.29, 1.82) is 0 Å². The molecule has 0 aliphatic rings. The van der Waals surface area contributed by atoms with Crippen molar-refractivity contribution < 1.29 is 14.5 Å². The molecular weight excluding hydrogens is 368 g/mol. The maximum atomic E-state index is 12.4. The van der Waals surface area contributed by atoms with E-state index in [4.69, 9.17) is 4.74 Å². The van der Waals surface area contributed by atoms with Gasteiger partial charge in [-0.05, 0) is 36.4 Å². The van der Waals surface area contributed by atoms with Crippen molar-refractivity contribution >= 4 is 29.0 Å². The molecule has 0 aliphatic carbocycles. The van der Waals surface area contributed by atoms with Gasteiger partial charge >= 0.3 is 5.69 Å². The highest BCUT2D eigenvalue weighted by Gasteiger charge is 2.18. The van der Waals surface area contributed by atoms with E-state index in [2.05, 4.69) is 15.3 Å². The molecule has 27 heavy (non-hydrogen) atoms. The number of pyridine rings is 2. The van der Waals surface area contributed by atoms with Crippen LogP contribution in [0.15, 0.2) is 71.0 Å². The second kappa shape index (κ2) is 8.28. The Bertz CT molecular complexity index is 982. The second-order valence-electron chi connectivity index (χ2n) is 5.25. The fourth-order valence-corrected chi connectivity index (χ4v) is 3.01. The summed E-state index contributed by atoms with van der Waals surface area (Å²) < 4.78 is 4.94. The van der Waals surface area contributed by atoms with E-state index in [1.165, 1.54) is 37.1 Å². The van der Waals surface area contributed by atoms with Gasteiger partial charge in [-0.3, -0.25) is 14.9 Å². The lowest BCUT2D eigenvalue weighted by molar-refractivity contribution is -0.385. The zero-order valence-electron chi connectivity index (χ0n) is 14.2. The van der Waals surface area contributed by atoms with E-state index in [1.807, 2.05) is 18.2 Å². The molecule has 0 spiro atoms. The summed E-state index contributed by atoms with van der Waals surface area (Å²) >= 11 is 1.36. The van der Waals surface area contributed by atoms with Crippen LogP contribution in [0.3, 0.4) is 0 Å². The minimum absolute atomic E-state index is 0.0921. The molecule has 136 valence electrons. The van der Waals surface area contributed by atoms with Crippen LogP contribution in [0, 0.1) is 10.1 Å². The lowest BCUT2D eigenvalue weighted by Crippen LogP contribution is -2.12. The topological polar surface area (TPSA) is 107 Å². The smallest absolute Gasteiger partial charge is 0.311 e. The van der Waals surface area contributed by atoms with Crippen LogP contribution in [0.25, 0.3) is 0 Å². The zero-order chi connectivity index (χ0) is 19.2. The van der Waals surface area contributed by atoms with E-state index >= 15 is 0 Å². The van der Waals surface area contributed by atoms with Crippen molar-refractivity contribution in [3.05, 3.63) is 76.6 Å². The number of methoxy groups -OCH3 is 1. The molecule has 3 rings (SSSR count). The molecule has 0 unspecified atom stereocenters. The van der Waals surface area contributed by atoms with Crippen LogP contribution in [0.5, 0.6) is 5.75 Å². The number of aromatic nitrogens is 2. The molecule has 0 radical (unpaired) electrons. The van der Waals surface area contributed by atoms with Gasteiger partial charge in [0.2, 0.25) is 0 Å². The van der Waals surface area contributed by atoms with Gasteiger partial charge in [0.1, 0.15) is 10.1 Å². The molecule has 0 atom stereocenters. The monoisotopic (exact) mass is 382 g/mol. The second-order valence-corrected chi connectivity index (χ2v) is 6.29. The first-order chi connectivity index (χ1) is 13.1. The Balaban J connectivity index is 1.77. The van der Waals surface area contributed by atoms with E-state index in [0.717, 1.165) is 5.03 Å². The minimum Gasteiger partial charge on any atom is -0.490 e. The van der Waals surface area contributed by atoms with Crippen LogP contribution >= 0.6 is 11.8 Å². The summed E-state index contributed by atoms with van der Waals surface area (Å²) in [6.07, 6.45) is 3.25. The Morgan fingerprint density at radius 2 is 1.93 bits per heavy atom. The van der Waals surface area contributed by atoms with Gasteiger partial charge in [-0.1, -0.05) is 17.8 Å². The first-order valence-corrected chi connectivity index (χ1v) is 8.57. The Morgan fingerprint density at radius 1 is 1.11 bits per heavy atom. The summed E-state index contributed by atoms with van der Waals surface area (Å²) in [4.78, 5) is 31.4. The van der Waals surface area contributed by atoms with Crippen molar-refractivity contribution in [2.45, 2.75) is 10.1 Å². The number of anilines is 1. The van der Waals surface area contributed by atoms with Crippen LogP contribution < -0.4 is 10.1 Å². The van der Waals surface area contributed by atoms with Crippen LogP contribution in [-0.4, -0.2) is 27.9 Å². The average molecular weight is 382 g/mol. The van der Waals surface area contributed by atoms with Crippen LogP contribution in [0.2, 0.25) is 0 Å². The summed E-state index contributed by atoms with van der Waals surface area (Å²) in [5, 5.41) is 15.3. The van der Waals surface area contributed by atoms with Crippen LogP contribution in [-0.2, 0) is 0 Å². The molecule has 1 aromatic carbocycles. The van der Waals surface area contributed by atoms with Gasteiger partial charge < -0.3 is 10.1 Å². The van der Waals surface area contributed by atoms with Gasteiger partial charge in [0.25, 0.3) is 5.91 Å². The van der Waals surface area contributed by atoms with Gasteiger partial charge in [-0.2, -0.15) is 0 Å². The van der Waals surface area contributed by atoms with Crippen molar-refractivity contribution in [2.24, 2.45) is 0 Å². The van der Waals surface area contributed by atoms with Crippen molar-refractivity contribution in [3.8, 4) is 5.75 Å². The molecule has 0 saturated heterocycles. The van der Waals surface area contributed by atoms with Gasteiger partial charge in [0, 0.05) is 29.7 Å². The highest BCUT2D eigenvalue weighted by Crippen LogP contribution is 2.28. The number of ether oxygens (including phenoxy) is 1. The first kappa shape index (κ1) is 18.3. The zero-order valence-corrected chi connectivity index (χ0v) is 15.0. The normalized spacial score (nSPS) is 10.3. The number of hydrogen-bond donors (Lipinski definition) is 1. The number of nitrogens with one attached hydrogen (secondary N) is 1. The highest BCUT2D eigenvalue weighted by atomic mass is 32.2. The quantitative estimate of drug-likeness (QED) is 0.510. The van der Waals surface area contributed by atoms with Gasteiger partial charge in [-0.15, -0.1) is 0 Å². The third-order valence-corrected chi connectivity index (χ3v) is 4.36. The first-order valence-electron chi connectivity index (χ1n) is 7.75. The number of nitro groups is 1. The summed E-state index contributed by atoms with van der Waals surface area (Å²) in [5.74, 6) is -0.379. The van der Waals surface area contributed by atoms with Gasteiger partial charge in [-0.25, -0.2) is 9.97 Å². The minimum atomic E-state index is -0.594. The lowest BCUT2D eigenvalue weighted by Gasteiger charge is -2.08. The molecule has 0 aliphatic heterocycles. The van der Waals surface area contributed by atoms with Crippen molar-refractivity contribution in [3.63, 3.8) is 0 Å². The SMILES string of the molecule is COc1ccc(C(=O)Nc2ccnc(Sc3ccccn3)c2)cc1[N+](=O)[O-]. The lowest BCUT2D eigenvalue weighted by atomic mass is 10.1. The molecule has 1 N–H and O–H groups in total. The molecule has 0 fully saturated rings. The third-order valence-electron chi connectivity index (χ3n) is 3.48. The van der Waals surface area contributed by atoms with Crippen LogP contribution in [0.1, 0.15) is 10.4 Å². The molecule has 1 amide bonds. The number of nitrogens with zero attached hydrogens (tertiary/aromatic N) is 3. The van der Waals surface area contributed by atoms with Gasteiger partial charge in [0.05, 0.1) is 12.0 Å². The average Bonchev–Trinajstić information content (AvgIpc) is 2.68. The largest absolute Gasteiger partial charge is 0.490 e. The number of hydrogen-bond acceptors (Lipinski definition) is 7. The number of carbonyl (C=O) groups excluding carboxylic acids is 1. The van der Waals surface area contributed by atoms with E-state index < -0.39 is 10.8 Å². The van der Waals surface area contributed by atoms with E-state index in [1.54, 1.807) is 24.5 Å². The Labute approximate surface area is 158 Å². The fraction of sp³-hybridized carbons (Fsp3) is 0.0556. The summed E-state index contributed by atoms with van der Waals surface area (Å²) in [6.45, 7) is 0. The maximum Gasteiger partial charge on any atom is 0.311 e. The molecule has 0 bridgehead atoms. The maximum absolute atomic E-state index is 12.4.